The number of amides is 2. The number of rotatable bonds is 8. The average Bonchev–Trinajstić information content (AvgIpc) is 3.22. The summed E-state index contributed by atoms with van der Waals surface area (Å²) in [7, 11) is 0. The minimum absolute atomic E-state index is 0.243. The molecule has 1 atom stereocenters. The van der Waals surface area contributed by atoms with Gasteiger partial charge in [0.25, 0.3) is 0 Å². The van der Waals surface area contributed by atoms with Crippen LogP contribution in [0.4, 0.5) is 4.79 Å². The molecule has 5 heteroatoms. The van der Waals surface area contributed by atoms with Crippen LogP contribution in [0.1, 0.15) is 32.1 Å². The van der Waals surface area contributed by atoms with Gasteiger partial charge in [-0.05, 0) is 43.9 Å². The molecule has 1 unspecified atom stereocenters. The Kier molecular flexibility index (Phi) is 4.45. The van der Waals surface area contributed by atoms with E-state index in [0.717, 1.165) is 13.1 Å². The number of aliphatic carboxylic acids is 1. The van der Waals surface area contributed by atoms with Gasteiger partial charge in [-0.1, -0.05) is 6.08 Å². The Morgan fingerprint density at radius 1 is 1.26 bits per heavy atom. The smallest absolute Gasteiger partial charge is 0.326 e. The molecule has 0 aromatic carbocycles. The molecule has 0 heterocycles. The lowest BCUT2D eigenvalue weighted by Crippen LogP contribution is -2.49. The lowest BCUT2D eigenvalue weighted by Gasteiger charge is -2.25. The molecule has 19 heavy (non-hydrogen) atoms. The first-order valence-electron chi connectivity index (χ1n) is 6.99. The molecule has 0 saturated heterocycles. The van der Waals surface area contributed by atoms with Crippen molar-refractivity contribution in [3.63, 3.8) is 0 Å². The SMILES string of the molecule is C=CCC(NC(=O)N(CC1CC1)CC1CC1)C(=O)O. The molecular weight excluding hydrogens is 244 g/mol. The van der Waals surface area contributed by atoms with Crippen LogP contribution in [0.3, 0.4) is 0 Å². The predicted octanol–water partition coefficient (Wildman–Crippen LogP) is 1.85. The fraction of sp³-hybridized carbons (Fsp3) is 0.714. The molecule has 2 aliphatic rings. The van der Waals surface area contributed by atoms with Crippen LogP contribution in [0.25, 0.3) is 0 Å². The Morgan fingerprint density at radius 3 is 2.16 bits per heavy atom. The molecule has 0 aliphatic heterocycles. The van der Waals surface area contributed by atoms with E-state index in [0.29, 0.717) is 11.8 Å². The van der Waals surface area contributed by atoms with Gasteiger partial charge in [0.05, 0.1) is 0 Å². The third-order valence-electron chi connectivity index (χ3n) is 3.64. The summed E-state index contributed by atoms with van der Waals surface area (Å²) < 4.78 is 0. The van der Waals surface area contributed by atoms with Gasteiger partial charge >= 0.3 is 12.0 Å². The maximum atomic E-state index is 12.2. The van der Waals surface area contributed by atoms with Gasteiger partial charge in [0.1, 0.15) is 6.04 Å². The van der Waals surface area contributed by atoms with Gasteiger partial charge in [0, 0.05) is 13.1 Å². The van der Waals surface area contributed by atoms with Gasteiger partial charge in [-0.2, -0.15) is 0 Å². The summed E-state index contributed by atoms with van der Waals surface area (Å²) in [4.78, 5) is 25.0. The Bertz CT molecular complexity index is 348. The van der Waals surface area contributed by atoms with Crippen LogP contribution in [-0.4, -0.2) is 41.1 Å². The number of hydrogen-bond donors (Lipinski definition) is 2. The minimum Gasteiger partial charge on any atom is -0.480 e. The molecule has 0 aromatic heterocycles. The van der Waals surface area contributed by atoms with E-state index < -0.39 is 12.0 Å². The molecule has 2 saturated carbocycles. The summed E-state index contributed by atoms with van der Waals surface area (Å²) in [5.74, 6) is 0.227. The first kappa shape index (κ1) is 13.9. The van der Waals surface area contributed by atoms with Crippen molar-refractivity contribution in [2.75, 3.05) is 13.1 Å². The van der Waals surface area contributed by atoms with Gasteiger partial charge in [-0.3, -0.25) is 0 Å². The molecule has 2 aliphatic carbocycles. The van der Waals surface area contributed by atoms with Gasteiger partial charge in [0.15, 0.2) is 0 Å². The van der Waals surface area contributed by atoms with E-state index >= 15 is 0 Å². The van der Waals surface area contributed by atoms with E-state index in [1.165, 1.54) is 31.8 Å². The second kappa shape index (κ2) is 6.08. The van der Waals surface area contributed by atoms with Gasteiger partial charge in [0.2, 0.25) is 0 Å². The number of carboxylic acid groups (broad SMARTS) is 1. The van der Waals surface area contributed by atoms with E-state index in [4.69, 9.17) is 5.11 Å². The van der Waals surface area contributed by atoms with E-state index in [-0.39, 0.29) is 12.5 Å². The predicted molar refractivity (Wildman–Crippen MR) is 71.8 cm³/mol. The van der Waals surface area contributed by atoms with Crippen LogP contribution in [-0.2, 0) is 4.79 Å². The molecule has 2 amide bonds. The Labute approximate surface area is 113 Å². The summed E-state index contributed by atoms with van der Waals surface area (Å²) in [6, 6.07) is -1.11. The zero-order valence-electron chi connectivity index (χ0n) is 11.2. The minimum atomic E-state index is -1.01. The number of hydrogen-bond acceptors (Lipinski definition) is 2. The Morgan fingerprint density at radius 2 is 1.79 bits per heavy atom. The van der Waals surface area contributed by atoms with Crippen molar-refractivity contribution in [1.82, 2.24) is 10.2 Å². The zero-order valence-corrected chi connectivity index (χ0v) is 11.2. The molecule has 5 nitrogen and oxygen atoms in total. The maximum absolute atomic E-state index is 12.2. The second-order valence-corrected chi connectivity index (χ2v) is 5.66. The van der Waals surface area contributed by atoms with Gasteiger partial charge < -0.3 is 15.3 Å². The van der Waals surface area contributed by atoms with E-state index in [1.807, 2.05) is 0 Å². The summed E-state index contributed by atoms with van der Waals surface area (Å²) in [5, 5.41) is 11.6. The quantitative estimate of drug-likeness (QED) is 0.659. The molecule has 2 N–H and O–H groups in total. The zero-order chi connectivity index (χ0) is 13.8. The molecule has 2 rings (SSSR count). The molecule has 2 fully saturated rings. The highest BCUT2D eigenvalue weighted by Gasteiger charge is 2.32. The van der Waals surface area contributed by atoms with Crippen LogP contribution < -0.4 is 5.32 Å². The van der Waals surface area contributed by atoms with Crippen molar-refractivity contribution in [2.45, 2.75) is 38.1 Å². The summed E-state index contributed by atoms with van der Waals surface area (Å²) in [5.41, 5.74) is 0. The highest BCUT2D eigenvalue weighted by atomic mass is 16.4. The fourth-order valence-corrected chi connectivity index (χ4v) is 2.09. The monoisotopic (exact) mass is 266 g/mol. The van der Waals surface area contributed by atoms with Crippen molar-refractivity contribution in [3.8, 4) is 0 Å². The van der Waals surface area contributed by atoms with E-state index in [1.54, 1.807) is 4.90 Å². The van der Waals surface area contributed by atoms with Crippen LogP contribution in [0.2, 0.25) is 0 Å². The van der Waals surface area contributed by atoms with Crippen molar-refractivity contribution in [3.05, 3.63) is 12.7 Å². The highest BCUT2D eigenvalue weighted by molar-refractivity contribution is 5.82. The standard InChI is InChI=1S/C14H22N2O3/c1-2-3-12(13(17)18)15-14(19)16(8-10-4-5-10)9-11-6-7-11/h2,10-12H,1,3-9H2,(H,15,19)(H,17,18). The summed E-state index contributed by atoms with van der Waals surface area (Å²) in [6.45, 7) is 5.06. The third kappa shape index (κ3) is 4.58. The number of urea groups is 1. The molecule has 106 valence electrons. The molecule has 0 aromatic rings. The molecule has 0 bridgehead atoms. The number of carbonyl (C=O) groups excluding carboxylic acids is 1. The van der Waals surface area contributed by atoms with Crippen molar-refractivity contribution < 1.29 is 14.7 Å². The number of nitrogens with one attached hydrogen (secondary N) is 1. The normalized spacial score (nSPS) is 19.6. The maximum Gasteiger partial charge on any atom is 0.326 e. The van der Waals surface area contributed by atoms with Crippen molar-refractivity contribution in [1.29, 1.82) is 0 Å². The fourth-order valence-electron chi connectivity index (χ4n) is 2.09. The van der Waals surface area contributed by atoms with Crippen LogP contribution >= 0.6 is 0 Å². The third-order valence-corrected chi connectivity index (χ3v) is 3.64. The lowest BCUT2D eigenvalue weighted by atomic mass is 10.2. The number of nitrogens with zero attached hydrogens (tertiary/aromatic N) is 1. The topological polar surface area (TPSA) is 69.6 Å². The van der Waals surface area contributed by atoms with Gasteiger partial charge in [-0.15, -0.1) is 6.58 Å². The van der Waals surface area contributed by atoms with Crippen LogP contribution in [0.15, 0.2) is 12.7 Å². The van der Waals surface area contributed by atoms with Crippen LogP contribution in [0, 0.1) is 11.8 Å². The summed E-state index contributed by atoms with van der Waals surface area (Å²) >= 11 is 0. The van der Waals surface area contributed by atoms with E-state index in [9.17, 15) is 9.59 Å². The Hall–Kier alpha value is -1.52. The molecule has 0 radical (unpaired) electrons. The Balaban J connectivity index is 1.88. The highest BCUT2D eigenvalue weighted by Crippen LogP contribution is 2.33. The largest absolute Gasteiger partial charge is 0.480 e. The van der Waals surface area contributed by atoms with Crippen molar-refractivity contribution in [2.24, 2.45) is 11.8 Å². The summed E-state index contributed by atoms with van der Waals surface area (Å²) in [6.07, 6.45) is 6.51. The molecule has 0 spiro atoms. The van der Waals surface area contributed by atoms with Gasteiger partial charge in [-0.25, -0.2) is 9.59 Å². The number of carboxylic acids is 1. The first-order chi connectivity index (χ1) is 9.10. The average molecular weight is 266 g/mol. The van der Waals surface area contributed by atoms with Crippen LogP contribution in [0.5, 0.6) is 0 Å². The second-order valence-electron chi connectivity index (χ2n) is 5.66. The van der Waals surface area contributed by atoms with Crippen molar-refractivity contribution >= 4 is 12.0 Å². The lowest BCUT2D eigenvalue weighted by molar-refractivity contribution is -0.139. The number of carbonyl (C=O) groups is 2. The van der Waals surface area contributed by atoms with E-state index in [2.05, 4.69) is 11.9 Å². The first-order valence-corrected chi connectivity index (χ1v) is 6.99. The molecular formula is C14H22N2O3.